The second-order valence-electron chi connectivity index (χ2n) is 5.37. The number of hydrogen-bond acceptors (Lipinski definition) is 4. The number of fused-ring (bicyclic) bond motifs is 1. The SMILES string of the molecule is O=C(Nc1cccc(Cl)c1-n1cncn1)[C@H]1COc2ccccc21. The largest absolute Gasteiger partial charge is 0.492 e. The van der Waals surface area contributed by atoms with Crippen LogP contribution in [0.5, 0.6) is 5.75 Å². The zero-order valence-corrected chi connectivity index (χ0v) is 13.3. The molecular weight excluding hydrogens is 328 g/mol. The van der Waals surface area contributed by atoms with Gasteiger partial charge in [-0.25, -0.2) is 9.67 Å². The molecule has 0 unspecified atom stereocenters. The van der Waals surface area contributed by atoms with E-state index >= 15 is 0 Å². The highest BCUT2D eigenvalue weighted by atomic mass is 35.5. The number of aromatic nitrogens is 3. The molecule has 3 aromatic rings. The molecule has 120 valence electrons. The van der Waals surface area contributed by atoms with Crippen LogP contribution in [0.15, 0.2) is 55.1 Å². The number of nitrogens with zero attached hydrogens (tertiary/aromatic N) is 3. The topological polar surface area (TPSA) is 69.0 Å². The van der Waals surface area contributed by atoms with Crippen LogP contribution in [0.3, 0.4) is 0 Å². The minimum absolute atomic E-state index is 0.149. The highest BCUT2D eigenvalue weighted by Gasteiger charge is 2.30. The van der Waals surface area contributed by atoms with E-state index < -0.39 is 0 Å². The van der Waals surface area contributed by atoms with E-state index in [1.807, 2.05) is 24.3 Å². The monoisotopic (exact) mass is 340 g/mol. The number of anilines is 1. The van der Waals surface area contributed by atoms with Gasteiger partial charge in [-0.2, -0.15) is 5.10 Å². The zero-order valence-electron chi connectivity index (χ0n) is 12.5. The van der Waals surface area contributed by atoms with E-state index in [1.54, 1.807) is 18.2 Å². The molecule has 1 aromatic heterocycles. The van der Waals surface area contributed by atoms with Gasteiger partial charge in [0.15, 0.2) is 0 Å². The Labute approximate surface area is 143 Å². The van der Waals surface area contributed by atoms with Crippen molar-refractivity contribution < 1.29 is 9.53 Å². The fraction of sp³-hybridized carbons (Fsp3) is 0.118. The van der Waals surface area contributed by atoms with Gasteiger partial charge in [0.25, 0.3) is 0 Å². The Hall–Kier alpha value is -2.86. The predicted molar refractivity (Wildman–Crippen MR) is 89.7 cm³/mol. The van der Waals surface area contributed by atoms with Crippen LogP contribution in [0.1, 0.15) is 11.5 Å². The smallest absolute Gasteiger partial charge is 0.235 e. The average molecular weight is 341 g/mol. The van der Waals surface area contributed by atoms with Gasteiger partial charge >= 0.3 is 0 Å². The van der Waals surface area contributed by atoms with E-state index in [0.29, 0.717) is 23.0 Å². The summed E-state index contributed by atoms with van der Waals surface area (Å²) < 4.78 is 7.11. The van der Waals surface area contributed by atoms with E-state index in [2.05, 4.69) is 15.4 Å². The van der Waals surface area contributed by atoms with E-state index in [1.165, 1.54) is 17.3 Å². The minimum Gasteiger partial charge on any atom is -0.492 e. The van der Waals surface area contributed by atoms with Crippen molar-refractivity contribution in [2.24, 2.45) is 0 Å². The lowest BCUT2D eigenvalue weighted by atomic mass is 10.0. The van der Waals surface area contributed by atoms with Gasteiger partial charge in [0, 0.05) is 5.56 Å². The fourth-order valence-corrected chi connectivity index (χ4v) is 3.03. The second-order valence-corrected chi connectivity index (χ2v) is 5.77. The van der Waals surface area contributed by atoms with Gasteiger partial charge in [0.05, 0.1) is 10.7 Å². The Morgan fingerprint density at radius 1 is 1.25 bits per heavy atom. The average Bonchev–Trinajstić information content (AvgIpc) is 3.24. The van der Waals surface area contributed by atoms with Crippen LogP contribution in [0.4, 0.5) is 5.69 Å². The maximum Gasteiger partial charge on any atom is 0.235 e. The first-order valence-electron chi connectivity index (χ1n) is 7.40. The quantitative estimate of drug-likeness (QED) is 0.795. The standard InChI is InChI=1S/C17H13ClN4O2/c18-13-5-3-6-14(16(13)22-10-19-9-20-22)21-17(23)12-8-24-15-7-2-1-4-11(12)15/h1-7,9-10,12H,8H2,(H,21,23)/t12-/m0/s1. The number of carbonyl (C=O) groups excluding carboxylic acids is 1. The van der Waals surface area contributed by atoms with E-state index in [9.17, 15) is 4.79 Å². The Bertz CT molecular complexity index is 895. The van der Waals surface area contributed by atoms with Gasteiger partial charge in [-0.3, -0.25) is 4.79 Å². The summed E-state index contributed by atoms with van der Waals surface area (Å²) in [6.45, 7) is 0.324. The Morgan fingerprint density at radius 2 is 2.12 bits per heavy atom. The summed E-state index contributed by atoms with van der Waals surface area (Å²) in [5.41, 5.74) is 2.04. The van der Waals surface area contributed by atoms with Gasteiger partial charge in [-0.05, 0) is 18.2 Å². The van der Waals surface area contributed by atoms with Crippen LogP contribution in [0, 0.1) is 0 Å². The number of ether oxygens (including phenoxy) is 1. The lowest BCUT2D eigenvalue weighted by Crippen LogP contribution is -2.23. The molecular formula is C17H13ClN4O2. The van der Waals surface area contributed by atoms with Crippen molar-refractivity contribution in [3.05, 3.63) is 65.7 Å². The fourth-order valence-electron chi connectivity index (χ4n) is 2.77. The lowest BCUT2D eigenvalue weighted by molar-refractivity contribution is -0.117. The maximum absolute atomic E-state index is 12.7. The third kappa shape index (κ3) is 2.51. The molecule has 0 saturated carbocycles. The van der Waals surface area contributed by atoms with Gasteiger partial charge in [0.2, 0.25) is 5.91 Å². The number of nitrogens with one attached hydrogen (secondary N) is 1. The normalized spacial score (nSPS) is 15.6. The van der Waals surface area contributed by atoms with Gasteiger partial charge in [0.1, 0.15) is 36.6 Å². The highest BCUT2D eigenvalue weighted by Crippen LogP contribution is 2.35. The van der Waals surface area contributed by atoms with Crippen LogP contribution in [-0.4, -0.2) is 27.3 Å². The number of carbonyl (C=O) groups is 1. The van der Waals surface area contributed by atoms with Crippen molar-refractivity contribution >= 4 is 23.2 Å². The van der Waals surface area contributed by atoms with E-state index in [0.717, 1.165) is 11.3 Å². The van der Waals surface area contributed by atoms with Gasteiger partial charge < -0.3 is 10.1 Å². The molecule has 4 rings (SSSR count). The molecule has 0 bridgehead atoms. The summed E-state index contributed by atoms with van der Waals surface area (Å²) >= 11 is 6.28. The van der Waals surface area contributed by atoms with Crippen molar-refractivity contribution in [2.45, 2.75) is 5.92 Å². The molecule has 0 aliphatic carbocycles. The third-order valence-electron chi connectivity index (χ3n) is 3.91. The Morgan fingerprint density at radius 3 is 2.96 bits per heavy atom. The molecule has 0 fully saturated rings. The lowest BCUT2D eigenvalue weighted by Gasteiger charge is -2.14. The number of amides is 1. The molecule has 24 heavy (non-hydrogen) atoms. The first-order valence-corrected chi connectivity index (χ1v) is 7.78. The van der Waals surface area contributed by atoms with Crippen molar-refractivity contribution in [3.8, 4) is 11.4 Å². The summed E-state index contributed by atoms with van der Waals surface area (Å²) in [4.78, 5) is 16.7. The van der Waals surface area contributed by atoms with Crippen LogP contribution < -0.4 is 10.1 Å². The van der Waals surface area contributed by atoms with Crippen LogP contribution >= 0.6 is 11.6 Å². The molecule has 1 aliphatic rings. The number of halogens is 1. The molecule has 0 saturated heterocycles. The third-order valence-corrected chi connectivity index (χ3v) is 4.21. The molecule has 1 N–H and O–H groups in total. The molecule has 0 radical (unpaired) electrons. The molecule has 0 spiro atoms. The Balaban J connectivity index is 1.65. The van der Waals surface area contributed by atoms with Crippen molar-refractivity contribution in [2.75, 3.05) is 11.9 Å². The van der Waals surface area contributed by atoms with Crippen molar-refractivity contribution in [1.82, 2.24) is 14.8 Å². The summed E-state index contributed by atoms with van der Waals surface area (Å²) in [5.74, 6) is 0.243. The summed E-state index contributed by atoms with van der Waals surface area (Å²) in [6, 6.07) is 12.8. The minimum atomic E-state index is -0.358. The molecule has 1 amide bonds. The van der Waals surface area contributed by atoms with Crippen molar-refractivity contribution in [3.63, 3.8) is 0 Å². The summed E-state index contributed by atoms with van der Waals surface area (Å²) in [5, 5.41) is 7.50. The summed E-state index contributed by atoms with van der Waals surface area (Å²) in [6.07, 6.45) is 2.95. The van der Waals surface area contributed by atoms with Crippen LogP contribution in [0.25, 0.3) is 5.69 Å². The van der Waals surface area contributed by atoms with Crippen LogP contribution in [-0.2, 0) is 4.79 Å². The highest BCUT2D eigenvalue weighted by molar-refractivity contribution is 6.33. The molecule has 1 aliphatic heterocycles. The first kappa shape index (κ1) is 14.7. The molecule has 2 aromatic carbocycles. The predicted octanol–water partition coefficient (Wildman–Crippen LogP) is 3.04. The molecule has 7 heteroatoms. The maximum atomic E-state index is 12.7. The van der Waals surface area contributed by atoms with Crippen molar-refractivity contribution in [1.29, 1.82) is 0 Å². The first-order chi connectivity index (χ1) is 11.7. The number of hydrogen-bond donors (Lipinski definition) is 1. The summed E-state index contributed by atoms with van der Waals surface area (Å²) in [7, 11) is 0. The van der Waals surface area contributed by atoms with E-state index in [4.69, 9.17) is 16.3 Å². The Kier molecular flexibility index (Phi) is 3.66. The van der Waals surface area contributed by atoms with E-state index in [-0.39, 0.29) is 11.8 Å². The molecule has 6 nitrogen and oxygen atoms in total. The molecule has 1 atom stereocenters. The zero-order chi connectivity index (χ0) is 16.5. The number of benzene rings is 2. The number of rotatable bonds is 3. The second kappa shape index (κ2) is 5.98. The molecule has 2 heterocycles. The van der Waals surface area contributed by atoms with Gasteiger partial charge in [-0.1, -0.05) is 35.9 Å². The van der Waals surface area contributed by atoms with Gasteiger partial charge in [-0.15, -0.1) is 0 Å². The van der Waals surface area contributed by atoms with Crippen LogP contribution in [0.2, 0.25) is 5.02 Å². The number of para-hydroxylation sites is 2.